The number of hydrogen-bond donors (Lipinski definition) is 2. The number of anilines is 1. The molecule has 0 atom stereocenters. The number of benzene rings is 2. The van der Waals surface area contributed by atoms with Gasteiger partial charge in [0.1, 0.15) is 0 Å². The lowest BCUT2D eigenvalue weighted by molar-refractivity contribution is 0.238. The second-order valence-corrected chi connectivity index (χ2v) is 8.82. The van der Waals surface area contributed by atoms with E-state index in [9.17, 15) is 13.2 Å². The van der Waals surface area contributed by atoms with Gasteiger partial charge in [-0.1, -0.05) is 30.3 Å². The Morgan fingerprint density at radius 3 is 2.37 bits per heavy atom. The molecule has 0 bridgehead atoms. The molecule has 2 aromatic carbocycles. The fourth-order valence-electron chi connectivity index (χ4n) is 3.24. The van der Waals surface area contributed by atoms with E-state index >= 15 is 0 Å². The van der Waals surface area contributed by atoms with Crippen LogP contribution in [0.15, 0.2) is 53.4 Å². The van der Waals surface area contributed by atoms with Gasteiger partial charge in [0.25, 0.3) is 0 Å². The van der Waals surface area contributed by atoms with Gasteiger partial charge in [0.2, 0.25) is 10.0 Å². The monoisotopic (exact) mass is 387 g/mol. The van der Waals surface area contributed by atoms with Crippen molar-refractivity contribution in [1.82, 2.24) is 9.62 Å². The van der Waals surface area contributed by atoms with Gasteiger partial charge < -0.3 is 10.6 Å². The molecule has 144 valence electrons. The van der Waals surface area contributed by atoms with E-state index in [2.05, 4.69) is 10.6 Å². The van der Waals surface area contributed by atoms with Crippen LogP contribution in [-0.2, 0) is 10.0 Å². The summed E-state index contributed by atoms with van der Waals surface area (Å²) < 4.78 is 27.4. The number of amides is 2. The first kappa shape index (κ1) is 19.4. The maximum absolute atomic E-state index is 13.0. The first-order valence-corrected chi connectivity index (χ1v) is 10.5. The van der Waals surface area contributed by atoms with E-state index in [1.807, 2.05) is 56.3 Å². The molecule has 0 unspecified atom stereocenters. The van der Waals surface area contributed by atoms with Crippen molar-refractivity contribution in [2.24, 2.45) is 0 Å². The highest BCUT2D eigenvalue weighted by atomic mass is 32.2. The number of sulfonamides is 1. The van der Waals surface area contributed by atoms with Gasteiger partial charge in [-0.25, -0.2) is 13.2 Å². The van der Waals surface area contributed by atoms with Gasteiger partial charge >= 0.3 is 6.03 Å². The molecule has 1 aliphatic heterocycles. The number of nitrogens with zero attached hydrogens (tertiary/aromatic N) is 1. The standard InChI is InChI=1S/C20H25N3O3S/c1-15-8-9-16(2)19(14-15)27(25,26)23-12-10-18(11-13-23)22-20(24)21-17-6-4-3-5-7-17/h3-9,14,18H,10-13H2,1-2H3,(H2,21,22,24). The number of carbonyl (C=O) groups is 1. The van der Waals surface area contributed by atoms with E-state index < -0.39 is 10.0 Å². The minimum absolute atomic E-state index is 0.0428. The Bertz CT molecular complexity index is 905. The van der Waals surface area contributed by atoms with Crippen molar-refractivity contribution in [1.29, 1.82) is 0 Å². The third-order valence-electron chi connectivity index (χ3n) is 4.78. The molecule has 2 N–H and O–H groups in total. The van der Waals surface area contributed by atoms with E-state index in [1.54, 1.807) is 6.07 Å². The molecular formula is C20H25N3O3S. The fourth-order valence-corrected chi connectivity index (χ4v) is 5.02. The highest BCUT2D eigenvalue weighted by Crippen LogP contribution is 2.24. The van der Waals surface area contributed by atoms with Crippen LogP contribution >= 0.6 is 0 Å². The first-order valence-electron chi connectivity index (χ1n) is 9.06. The van der Waals surface area contributed by atoms with Gasteiger partial charge in [-0.3, -0.25) is 0 Å². The quantitative estimate of drug-likeness (QED) is 0.845. The predicted octanol–water partition coefficient (Wildman–Crippen LogP) is 3.28. The van der Waals surface area contributed by atoms with Crippen LogP contribution in [0.25, 0.3) is 0 Å². The molecule has 0 radical (unpaired) electrons. The average molecular weight is 388 g/mol. The van der Waals surface area contributed by atoms with E-state index in [4.69, 9.17) is 0 Å². The number of rotatable bonds is 4. The summed E-state index contributed by atoms with van der Waals surface area (Å²) in [6.45, 7) is 4.49. The van der Waals surface area contributed by atoms with E-state index in [1.165, 1.54) is 4.31 Å². The van der Waals surface area contributed by atoms with Crippen LogP contribution in [0.3, 0.4) is 0 Å². The van der Waals surface area contributed by atoms with Crippen molar-refractivity contribution in [2.45, 2.75) is 37.6 Å². The summed E-state index contributed by atoms with van der Waals surface area (Å²) >= 11 is 0. The molecule has 27 heavy (non-hydrogen) atoms. The van der Waals surface area contributed by atoms with Gasteiger partial charge in [0, 0.05) is 24.8 Å². The molecule has 0 aliphatic carbocycles. The van der Waals surface area contributed by atoms with Gasteiger partial charge in [-0.15, -0.1) is 0 Å². The molecule has 1 aliphatic rings. The van der Waals surface area contributed by atoms with E-state index in [0.717, 1.165) is 16.8 Å². The van der Waals surface area contributed by atoms with Crippen LogP contribution in [0.2, 0.25) is 0 Å². The van der Waals surface area contributed by atoms with Crippen molar-refractivity contribution in [3.8, 4) is 0 Å². The lowest BCUT2D eigenvalue weighted by Gasteiger charge is -2.32. The molecule has 1 fully saturated rings. The maximum atomic E-state index is 13.0. The number of urea groups is 1. The number of nitrogens with one attached hydrogen (secondary N) is 2. The molecule has 3 rings (SSSR count). The third kappa shape index (κ3) is 4.67. The second kappa shape index (κ2) is 8.10. The van der Waals surface area contributed by atoms with Gasteiger partial charge in [-0.2, -0.15) is 4.31 Å². The lowest BCUT2D eigenvalue weighted by atomic mass is 10.1. The Morgan fingerprint density at radius 2 is 1.70 bits per heavy atom. The number of aryl methyl sites for hydroxylation is 2. The lowest BCUT2D eigenvalue weighted by Crippen LogP contribution is -2.47. The largest absolute Gasteiger partial charge is 0.335 e. The summed E-state index contributed by atoms with van der Waals surface area (Å²) in [4.78, 5) is 12.5. The minimum Gasteiger partial charge on any atom is -0.335 e. The SMILES string of the molecule is Cc1ccc(C)c(S(=O)(=O)N2CCC(NC(=O)Nc3ccccc3)CC2)c1. The highest BCUT2D eigenvalue weighted by Gasteiger charge is 2.30. The Labute approximate surface area is 160 Å². The molecule has 6 nitrogen and oxygen atoms in total. The molecule has 0 spiro atoms. The predicted molar refractivity (Wildman–Crippen MR) is 106 cm³/mol. The Hall–Kier alpha value is -2.38. The number of carbonyl (C=O) groups excluding carboxylic acids is 1. The Balaban J connectivity index is 1.58. The maximum Gasteiger partial charge on any atom is 0.319 e. The molecule has 1 saturated heterocycles. The van der Waals surface area contributed by atoms with Gasteiger partial charge in [-0.05, 0) is 56.0 Å². The average Bonchev–Trinajstić information content (AvgIpc) is 2.65. The van der Waals surface area contributed by atoms with Crippen LogP contribution < -0.4 is 10.6 Å². The first-order chi connectivity index (χ1) is 12.9. The van der Waals surface area contributed by atoms with Gasteiger partial charge in [0.15, 0.2) is 0 Å². The minimum atomic E-state index is -3.51. The zero-order chi connectivity index (χ0) is 19.4. The van der Waals surface area contributed by atoms with Crippen molar-refractivity contribution in [3.63, 3.8) is 0 Å². The molecule has 0 saturated carbocycles. The topological polar surface area (TPSA) is 78.5 Å². The zero-order valence-electron chi connectivity index (χ0n) is 15.6. The summed E-state index contributed by atoms with van der Waals surface area (Å²) in [6, 6.07) is 14.4. The van der Waals surface area contributed by atoms with E-state index in [0.29, 0.717) is 30.8 Å². The van der Waals surface area contributed by atoms with Crippen LogP contribution in [0, 0.1) is 13.8 Å². The second-order valence-electron chi connectivity index (χ2n) is 6.91. The molecule has 0 aromatic heterocycles. The highest BCUT2D eigenvalue weighted by molar-refractivity contribution is 7.89. The molecular weight excluding hydrogens is 362 g/mol. The van der Waals surface area contributed by atoms with Crippen molar-refractivity contribution < 1.29 is 13.2 Å². The number of piperidine rings is 1. The number of para-hydroxylation sites is 1. The molecule has 1 heterocycles. The van der Waals surface area contributed by atoms with Gasteiger partial charge in [0.05, 0.1) is 4.90 Å². The normalized spacial score (nSPS) is 16.1. The van der Waals surface area contributed by atoms with Crippen LogP contribution in [0.1, 0.15) is 24.0 Å². The zero-order valence-corrected chi connectivity index (χ0v) is 16.4. The molecule has 2 aromatic rings. The summed E-state index contributed by atoms with van der Waals surface area (Å²) in [6.07, 6.45) is 1.18. The third-order valence-corrected chi connectivity index (χ3v) is 6.82. The smallest absolute Gasteiger partial charge is 0.319 e. The summed E-state index contributed by atoms with van der Waals surface area (Å²) in [5, 5.41) is 5.72. The number of hydrogen-bond acceptors (Lipinski definition) is 3. The molecule has 2 amide bonds. The Kier molecular flexibility index (Phi) is 5.82. The van der Waals surface area contributed by atoms with Crippen LogP contribution in [0.4, 0.5) is 10.5 Å². The van der Waals surface area contributed by atoms with Crippen molar-refractivity contribution in [3.05, 3.63) is 59.7 Å². The van der Waals surface area contributed by atoms with Crippen molar-refractivity contribution in [2.75, 3.05) is 18.4 Å². The molecule has 7 heteroatoms. The van der Waals surface area contributed by atoms with Crippen LogP contribution in [0.5, 0.6) is 0 Å². The van der Waals surface area contributed by atoms with E-state index in [-0.39, 0.29) is 12.1 Å². The fraction of sp³-hybridized carbons (Fsp3) is 0.350. The Morgan fingerprint density at radius 1 is 1.04 bits per heavy atom. The summed E-state index contributed by atoms with van der Waals surface area (Å²) in [7, 11) is -3.51. The van der Waals surface area contributed by atoms with Crippen LogP contribution in [-0.4, -0.2) is 37.9 Å². The summed E-state index contributed by atoms with van der Waals surface area (Å²) in [5.74, 6) is 0. The van der Waals surface area contributed by atoms with Crippen molar-refractivity contribution >= 4 is 21.7 Å². The summed E-state index contributed by atoms with van der Waals surface area (Å²) in [5.41, 5.74) is 2.40.